The summed E-state index contributed by atoms with van der Waals surface area (Å²) in [4.78, 5) is 40.1. The van der Waals surface area contributed by atoms with Crippen LogP contribution in [0.25, 0.3) is 0 Å². The van der Waals surface area contributed by atoms with E-state index in [9.17, 15) is 14.4 Å². The van der Waals surface area contributed by atoms with E-state index in [-0.39, 0.29) is 18.5 Å². The lowest BCUT2D eigenvalue weighted by Crippen LogP contribution is -2.46. The topological polar surface area (TPSA) is 64.3 Å². The molecule has 1 unspecified atom stereocenters. The summed E-state index contributed by atoms with van der Waals surface area (Å²) in [6.45, 7) is 4.49. The van der Waals surface area contributed by atoms with Crippen molar-refractivity contribution in [3.05, 3.63) is 105 Å². The molecule has 6 heteroatoms. The summed E-state index contributed by atoms with van der Waals surface area (Å²) >= 11 is 0. The predicted molar refractivity (Wildman–Crippen MR) is 117 cm³/mol. The number of benzene rings is 2. The third-order valence-electron chi connectivity index (χ3n) is 5.27. The second-order valence-corrected chi connectivity index (χ2v) is 7.40. The molecular formula is C24H27N3O3. The van der Waals surface area contributed by atoms with E-state index in [1.54, 1.807) is 4.90 Å². The Balaban J connectivity index is 1.85. The summed E-state index contributed by atoms with van der Waals surface area (Å²) in [5, 5.41) is 0. The van der Waals surface area contributed by atoms with Gasteiger partial charge in [-0.15, -0.1) is 0 Å². The Morgan fingerprint density at radius 1 is 0.933 bits per heavy atom. The van der Waals surface area contributed by atoms with Crippen molar-refractivity contribution in [2.75, 3.05) is 0 Å². The van der Waals surface area contributed by atoms with Crippen molar-refractivity contribution in [2.45, 2.75) is 45.9 Å². The van der Waals surface area contributed by atoms with Crippen LogP contribution in [0.2, 0.25) is 0 Å². The smallest absolute Gasteiger partial charge is 0.331 e. The second-order valence-electron chi connectivity index (χ2n) is 7.40. The van der Waals surface area contributed by atoms with Crippen molar-refractivity contribution in [3.63, 3.8) is 0 Å². The number of rotatable bonds is 8. The third kappa shape index (κ3) is 5.14. The number of aromatic nitrogens is 2. The van der Waals surface area contributed by atoms with Crippen molar-refractivity contribution in [3.8, 4) is 0 Å². The van der Waals surface area contributed by atoms with E-state index >= 15 is 0 Å². The Labute approximate surface area is 176 Å². The van der Waals surface area contributed by atoms with Gasteiger partial charge in [-0.05, 0) is 24.5 Å². The Hall–Kier alpha value is -3.41. The zero-order valence-corrected chi connectivity index (χ0v) is 17.4. The summed E-state index contributed by atoms with van der Waals surface area (Å²) in [5.74, 6) is -0.245. The van der Waals surface area contributed by atoms with Crippen LogP contribution in [0, 0.1) is 0 Å². The number of carbonyl (C=O) groups is 1. The van der Waals surface area contributed by atoms with Crippen LogP contribution in [0.5, 0.6) is 0 Å². The normalized spacial score (nSPS) is 11.8. The highest BCUT2D eigenvalue weighted by atomic mass is 16.2. The van der Waals surface area contributed by atoms with Crippen LogP contribution in [-0.4, -0.2) is 26.0 Å². The Bertz CT molecular complexity index is 1090. The van der Waals surface area contributed by atoms with Gasteiger partial charge < -0.3 is 4.90 Å². The maximum Gasteiger partial charge on any atom is 0.331 e. The zero-order valence-electron chi connectivity index (χ0n) is 17.4. The lowest BCUT2D eigenvalue weighted by Gasteiger charge is -2.29. The molecule has 1 amide bonds. The number of amides is 1. The minimum atomic E-state index is -0.483. The fourth-order valence-electron chi connectivity index (χ4n) is 3.32. The first kappa shape index (κ1) is 21.3. The highest BCUT2D eigenvalue weighted by Crippen LogP contribution is 2.11. The van der Waals surface area contributed by atoms with Gasteiger partial charge in [0.2, 0.25) is 5.91 Å². The van der Waals surface area contributed by atoms with Crippen molar-refractivity contribution >= 4 is 5.91 Å². The van der Waals surface area contributed by atoms with Gasteiger partial charge in [0.1, 0.15) is 6.54 Å². The van der Waals surface area contributed by atoms with Crippen LogP contribution < -0.4 is 11.2 Å². The van der Waals surface area contributed by atoms with E-state index in [1.165, 1.54) is 16.8 Å². The van der Waals surface area contributed by atoms with Crippen LogP contribution >= 0.6 is 0 Å². The van der Waals surface area contributed by atoms with Crippen LogP contribution in [0.4, 0.5) is 0 Å². The van der Waals surface area contributed by atoms with E-state index in [1.807, 2.05) is 74.5 Å². The molecular weight excluding hydrogens is 378 g/mol. The molecule has 1 atom stereocenters. The van der Waals surface area contributed by atoms with Gasteiger partial charge in [0.25, 0.3) is 5.56 Å². The lowest BCUT2D eigenvalue weighted by molar-refractivity contribution is -0.134. The van der Waals surface area contributed by atoms with Crippen LogP contribution in [0.3, 0.4) is 0 Å². The summed E-state index contributed by atoms with van der Waals surface area (Å²) in [6.07, 6.45) is 2.26. The number of hydrogen-bond acceptors (Lipinski definition) is 3. The molecule has 6 nitrogen and oxygen atoms in total. The molecule has 1 heterocycles. The zero-order chi connectivity index (χ0) is 21.5. The van der Waals surface area contributed by atoms with Gasteiger partial charge in [0.05, 0.1) is 6.54 Å². The first-order valence-corrected chi connectivity index (χ1v) is 10.2. The lowest BCUT2D eigenvalue weighted by atomic mass is 10.1. The molecule has 0 spiro atoms. The monoisotopic (exact) mass is 405 g/mol. The SMILES string of the molecule is CCC(C)N(Cc1ccccc1)C(=O)Cn1c(=O)ccn(Cc2ccccc2)c1=O. The van der Waals surface area contributed by atoms with Gasteiger partial charge >= 0.3 is 5.69 Å². The molecule has 3 aromatic rings. The van der Waals surface area contributed by atoms with Crippen molar-refractivity contribution in [2.24, 2.45) is 0 Å². The minimum absolute atomic E-state index is 0.0105. The second kappa shape index (κ2) is 9.87. The van der Waals surface area contributed by atoms with E-state index in [0.717, 1.165) is 22.1 Å². The van der Waals surface area contributed by atoms with E-state index in [2.05, 4.69) is 0 Å². The first-order chi connectivity index (χ1) is 14.5. The molecule has 0 aliphatic heterocycles. The van der Waals surface area contributed by atoms with E-state index < -0.39 is 11.2 Å². The summed E-state index contributed by atoms with van der Waals surface area (Å²) < 4.78 is 2.47. The molecule has 0 bridgehead atoms. The summed E-state index contributed by atoms with van der Waals surface area (Å²) in [5.41, 5.74) is 1.000. The molecule has 0 N–H and O–H groups in total. The standard InChI is InChI=1S/C24H27N3O3/c1-3-19(2)26(17-21-12-8-5-9-13-21)23(29)18-27-22(28)14-15-25(24(27)30)16-20-10-6-4-7-11-20/h4-15,19H,3,16-18H2,1-2H3. The Kier molecular flexibility index (Phi) is 7.01. The van der Waals surface area contributed by atoms with Crippen LogP contribution in [0.15, 0.2) is 82.5 Å². The molecule has 0 aliphatic rings. The summed E-state index contributed by atoms with van der Waals surface area (Å²) in [6, 6.07) is 20.6. The van der Waals surface area contributed by atoms with Gasteiger partial charge in [-0.3, -0.25) is 18.7 Å². The van der Waals surface area contributed by atoms with Gasteiger partial charge in [-0.1, -0.05) is 67.6 Å². The molecule has 156 valence electrons. The Morgan fingerprint density at radius 3 is 2.13 bits per heavy atom. The third-order valence-corrected chi connectivity index (χ3v) is 5.27. The van der Waals surface area contributed by atoms with Crippen molar-refractivity contribution in [1.82, 2.24) is 14.0 Å². The molecule has 30 heavy (non-hydrogen) atoms. The molecule has 0 fully saturated rings. The largest absolute Gasteiger partial charge is 0.334 e. The van der Waals surface area contributed by atoms with Gasteiger partial charge in [0, 0.05) is 24.8 Å². The molecule has 2 aromatic carbocycles. The molecule has 0 saturated carbocycles. The van der Waals surface area contributed by atoms with Crippen LogP contribution in [-0.2, 0) is 24.4 Å². The summed E-state index contributed by atoms with van der Waals surface area (Å²) in [7, 11) is 0. The van der Waals surface area contributed by atoms with Gasteiger partial charge in [-0.2, -0.15) is 0 Å². The van der Waals surface area contributed by atoms with Gasteiger partial charge in [0.15, 0.2) is 0 Å². The highest BCUT2D eigenvalue weighted by molar-refractivity contribution is 5.76. The molecule has 0 radical (unpaired) electrons. The average Bonchev–Trinajstić information content (AvgIpc) is 2.77. The van der Waals surface area contributed by atoms with Gasteiger partial charge in [-0.25, -0.2) is 4.79 Å². The highest BCUT2D eigenvalue weighted by Gasteiger charge is 2.21. The fourth-order valence-corrected chi connectivity index (χ4v) is 3.32. The maximum atomic E-state index is 13.1. The minimum Gasteiger partial charge on any atom is -0.334 e. The number of carbonyl (C=O) groups excluding carboxylic acids is 1. The fraction of sp³-hybridized carbons (Fsp3) is 0.292. The number of nitrogens with zero attached hydrogens (tertiary/aromatic N) is 3. The molecule has 3 rings (SSSR count). The number of hydrogen-bond donors (Lipinski definition) is 0. The maximum absolute atomic E-state index is 13.1. The van der Waals surface area contributed by atoms with E-state index in [0.29, 0.717) is 13.1 Å². The molecule has 0 aliphatic carbocycles. The molecule has 1 aromatic heterocycles. The molecule has 0 saturated heterocycles. The Morgan fingerprint density at radius 2 is 1.53 bits per heavy atom. The average molecular weight is 405 g/mol. The van der Waals surface area contributed by atoms with Crippen molar-refractivity contribution in [1.29, 1.82) is 0 Å². The quantitative estimate of drug-likeness (QED) is 0.579. The first-order valence-electron chi connectivity index (χ1n) is 10.2. The van der Waals surface area contributed by atoms with Crippen LogP contribution in [0.1, 0.15) is 31.4 Å². The van der Waals surface area contributed by atoms with E-state index in [4.69, 9.17) is 0 Å². The van der Waals surface area contributed by atoms with Crippen molar-refractivity contribution < 1.29 is 4.79 Å². The predicted octanol–water partition coefficient (Wildman–Crippen LogP) is 2.89.